The van der Waals surface area contributed by atoms with Crippen LogP contribution in [0.4, 0.5) is 0 Å². The van der Waals surface area contributed by atoms with Crippen molar-refractivity contribution in [3.05, 3.63) is 34.9 Å². The van der Waals surface area contributed by atoms with Gasteiger partial charge >= 0.3 is 0 Å². The van der Waals surface area contributed by atoms with Crippen molar-refractivity contribution in [2.45, 2.75) is 12.8 Å². The fourth-order valence-corrected chi connectivity index (χ4v) is 2.04. The standard InChI is InChI=1S/C9H8/c1-2-6-4-8-5-7(3-1)9(6)8/h1-2,5,8H,3-4H2. The van der Waals surface area contributed by atoms with Gasteiger partial charge in [0.05, 0.1) is 0 Å². The van der Waals surface area contributed by atoms with E-state index in [-0.39, 0.29) is 0 Å². The molecule has 0 nitrogen and oxygen atoms in total. The summed E-state index contributed by atoms with van der Waals surface area (Å²) in [5, 5.41) is 0. The molecule has 0 heterocycles. The van der Waals surface area contributed by atoms with Crippen LogP contribution in [0.5, 0.6) is 0 Å². The van der Waals surface area contributed by atoms with Crippen LogP contribution in [-0.4, -0.2) is 0 Å². The average molecular weight is 116 g/mol. The molecule has 0 radical (unpaired) electrons. The van der Waals surface area contributed by atoms with Gasteiger partial charge in [-0.1, -0.05) is 18.2 Å². The molecule has 3 aliphatic rings. The maximum absolute atomic E-state index is 2.42. The van der Waals surface area contributed by atoms with E-state index in [0.717, 1.165) is 5.92 Å². The Hall–Kier alpha value is -0.780. The van der Waals surface area contributed by atoms with Crippen molar-refractivity contribution in [1.29, 1.82) is 0 Å². The lowest BCUT2D eigenvalue weighted by Crippen LogP contribution is -2.27. The summed E-state index contributed by atoms with van der Waals surface area (Å²) in [6.45, 7) is 0. The Morgan fingerprint density at radius 3 is 3.11 bits per heavy atom. The molecule has 1 unspecified atom stereocenters. The predicted octanol–water partition coefficient (Wildman–Crippen LogP) is 2.20. The Kier molecular flexibility index (Phi) is 0.484. The molecule has 0 N–H and O–H groups in total. The van der Waals surface area contributed by atoms with E-state index in [1.807, 2.05) is 0 Å². The maximum atomic E-state index is 2.42. The molecule has 0 aromatic rings. The summed E-state index contributed by atoms with van der Waals surface area (Å²) in [5.41, 5.74) is 4.92. The average Bonchev–Trinajstić information content (AvgIpc) is 1.73. The van der Waals surface area contributed by atoms with E-state index in [1.54, 1.807) is 16.7 Å². The van der Waals surface area contributed by atoms with E-state index in [0.29, 0.717) is 0 Å². The Balaban J connectivity index is 2.27. The number of rotatable bonds is 0. The lowest BCUT2D eigenvalue weighted by molar-refractivity contribution is 0.603. The number of hydrogen-bond acceptors (Lipinski definition) is 0. The van der Waals surface area contributed by atoms with Crippen LogP contribution < -0.4 is 0 Å². The van der Waals surface area contributed by atoms with Crippen molar-refractivity contribution in [2.75, 3.05) is 0 Å². The van der Waals surface area contributed by atoms with Crippen LogP contribution in [0, 0.1) is 5.92 Å². The fraction of sp³-hybridized carbons (Fsp3) is 0.333. The van der Waals surface area contributed by atoms with E-state index < -0.39 is 0 Å². The minimum atomic E-state index is 0.889. The Morgan fingerprint density at radius 1 is 1.44 bits per heavy atom. The summed E-state index contributed by atoms with van der Waals surface area (Å²) in [6.07, 6.45) is 9.52. The summed E-state index contributed by atoms with van der Waals surface area (Å²) in [4.78, 5) is 0. The van der Waals surface area contributed by atoms with Crippen molar-refractivity contribution < 1.29 is 0 Å². The summed E-state index contributed by atoms with van der Waals surface area (Å²) in [7, 11) is 0. The first kappa shape index (κ1) is 4.10. The van der Waals surface area contributed by atoms with Crippen molar-refractivity contribution >= 4 is 0 Å². The quantitative estimate of drug-likeness (QED) is 0.455. The molecule has 0 saturated carbocycles. The Morgan fingerprint density at radius 2 is 2.44 bits per heavy atom. The van der Waals surface area contributed by atoms with Crippen molar-refractivity contribution in [3.8, 4) is 0 Å². The highest BCUT2D eigenvalue weighted by Crippen LogP contribution is 2.52. The van der Waals surface area contributed by atoms with Gasteiger partial charge in [0.25, 0.3) is 0 Å². The van der Waals surface area contributed by atoms with E-state index in [2.05, 4.69) is 18.2 Å². The first-order chi connectivity index (χ1) is 4.45. The van der Waals surface area contributed by atoms with Crippen molar-refractivity contribution in [3.63, 3.8) is 0 Å². The predicted molar refractivity (Wildman–Crippen MR) is 37.0 cm³/mol. The number of hydrogen-bond donors (Lipinski definition) is 0. The Labute approximate surface area is 54.6 Å². The third-order valence-corrected chi connectivity index (χ3v) is 2.56. The zero-order valence-corrected chi connectivity index (χ0v) is 5.22. The van der Waals surface area contributed by atoms with Crippen molar-refractivity contribution in [1.82, 2.24) is 0 Å². The first-order valence-corrected chi connectivity index (χ1v) is 3.56. The highest BCUT2D eigenvalue weighted by atomic mass is 14.4. The van der Waals surface area contributed by atoms with Gasteiger partial charge in [0.1, 0.15) is 0 Å². The third-order valence-electron chi connectivity index (χ3n) is 2.56. The van der Waals surface area contributed by atoms with Crippen LogP contribution in [0.1, 0.15) is 12.8 Å². The van der Waals surface area contributed by atoms with E-state index in [1.165, 1.54) is 12.8 Å². The second-order valence-electron chi connectivity index (χ2n) is 3.05. The van der Waals surface area contributed by atoms with Crippen LogP contribution in [0.25, 0.3) is 0 Å². The zero-order chi connectivity index (χ0) is 5.84. The normalized spacial score (nSPS) is 34.7. The molecular weight excluding hydrogens is 108 g/mol. The minimum Gasteiger partial charge on any atom is -0.0799 e. The second-order valence-corrected chi connectivity index (χ2v) is 3.05. The Bertz CT molecular complexity index is 264. The summed E-state index contributed by atoms with van der Waals surface area (Å²) < 4.78 is 0. The molecule has 9 heavy (non-hydrogen) atoms. The lowest BCUT2D eigenvalue weighted by Gasteiger charge is -2.42. The van der Waals surface area contributed by atoms with Gasteiger partial charge in [0, 0.05) is 5.92 Å². The third kappa shape index (κ3) is 0.309. The lowest BCUT2D eigenvalue weighted by atomic mass is 9.62. The fourth-order valence-electron chi connectivity index (χ4n) is 2.04. The van der Waals surface area contributed by atoms with Gasteiger partial charge in [-0.2, -0.15) is 0 Å². The molecule has 0 heteroatoms. The summed E-state index contributed by atoms with van der Waals surface area (Å²) in [5.74, 6) is 0.889. The first-order valence-electron chi connectivity index (χ1n) is 3.56. The van der Waals surface area contributed by atoms with E-state index in [9.17, 15) is 0 Å². The van der Waals surface area contributed by atoms with Gasteiger partial charge < -0.3 is 0 Å². The van der Waals surface area contributed by atoms with Crippen LogP contribution in [-0.2, 0) is 0 Å². The van der Waals surface area contributed by atoms with Crippen LogP contribution in [0.15, 0.2) is 34.9 Å². The molecule has 0 aliphatic heterocycles. The highest BCUT2D eigenvalue weighted by molar-refractivity contribution is 5.61. The molecule has 0 aromatic carbocycles. The van der Waals surface area contributed by atoms with Crippen LogP contribution in [0.3, 0.4) is 0 Å². The van der Waals surface area contributed by atoms with Gasteiger partial charge in [0.2, 0.25) is 0 Å². The van der Waals surface area contributed by atoms with Gasteiger partial charge in [-0.3, -0.25) is 0 Å². The topological polar surface area (TPSA) is 0 Å². The van der Waals surface area contributed by atoms with Gasteiger partial charge in [-0.25, -0.2) is 0 Å². The molecular formula is C9H8. The smallest absolute Gasteiger partial charge is 0.00699 e. The molecule has 0 bridgehead atoms. The van der Waals surface area contributed by atoms with Gasteiger partial charge in [-0.15, -0.1) is 0 Å². The van der Waals surface area contributed by atoms with E-state index >= 15 is 0 Å². The van der Waals surface area contributed by atoms with Gasteiger partial charge in [0.15, 0.2) is 0 Å². The molecule has 0 amide bonds. The molecule has 0 fully saturated rings. The largest absolute Gasteiger partial charge is 0.0799 e. The molecule has 0 aromatic heterocycles. The SMILES string of the molecule is C1=CC2=C3C(=CC3C2)C1. The molecule has 0 saturated heterocycles. The molecule has 1 atom stereocenters. The second kappa shape index (κ2) is 1.06. The zero-order valence-electron chi connectivity index (χ0n) is 5.22. The van der Waals surface area contributed by atoms with Crippen molar-refractivity contribution in [2.24, 2.45) is 5.92 Å². The molecule has 0 spiro atoms. The van der Waals surface area contributed by atoms with Gasteiger partial charge in [-0.05, 0) is 29.6 Å². The molecule has 3 rings (SSSR count). The van der Waals surface area contributed by atoms with Crippen LogP contribution >= 0.6 is 0 Å². The maximum Gasteiger partial charge on any atom is 0.00699 e. The molecule has 44 valence electrons. The summed E-state index contributed by atoms with van der Waals surface area (Å²) >= 11 is 0. The molecule has 3 aliphatic carbocycles. The number of allylic oxidation sites excluding steroid dienone is 6. The van der Waals surface area contributed by atoms with Crippen LogP contribution in [0.2, 0.25) is 0 Å². The minimum absolute atomic E-state index is 0.889. The monoisotopic (exact) mass is 116 g/mol. The highest BCUT2D eigenvalue weighted by Gasteiger charge is 2.36. The van der Waals surface area contributed by atoms with E-state index in [4.69, 9.17) is 0 Å². The summed E-state index contributed by atoms with van der Waals surface area (Å²) in [6, 6.07) is 0.